The number of carbonyl (C=O) groups excluding carboxylic acids is 5. The van der Waals surface area contributed by atoms with Crippen molar-refractivity contribution in [2.45, 2.75) is 109 Å². The second-order valence-electron chi connectivity index (χ2n) is 12.0. The Morgan fingerprint density at radius 3 is 2.52 bits per heavy atom. The third-order valence-electron chi connectivity index (χ3n) is 8.94. The molecule has 44 heavy (non-hydrogen) atoms. The van der Waals surface area contributed by atoms with Crippen LogP contribution in [-0.2, 0) is 24.0 Å². The Labute approximate surface area is 264 Å². The summed E-state index contributed by atoms with van der Waals surface area (Å²) in [5.74, 6) is -1.83. The number of nitrogens with one attached hydrogen (secondary N) is 3. The lowest BCUT2D eigenvalue weighted by Gasteiger charge is -2.39. The molecule has 5 atom stereocenters. The molecule has 0 aliphatic carbocycles. The minimum Gasteiger partial charge on any atom is -0.343 e. The molecule has 0 saturated carbocycles. The quantitative estimate of drug-likeness (QED) is 0.335. The number of pyridine rings is 1. The second-order valence-corrected chi connectivity index (χ2v) is 12.3. The summed E-state index contributed by atoms with van der Waals surface area (Å²) in [4.78, 5) is 73.5. The van der Waals surface area contributed by atoms with E-state index >= 15 is 0 Å². The number of para-hydroxylation sites is 1. The van der Waals surface area contributed by atoms with Crippen molar-refractivity contribution >= 4 is 51.9 Å². The van der Waals surface area contributed by atoms with Crippen molar-refractivity contribution in [1.29, 1.82) is 0 Å². The van der Waals surface area contributed by atoms with Crippen LogP contribution in [0.15, 0.2) is 30.5 Å². The molecule has 238 valence electrons. The number of hydrogen-bond acceptors (Lipinski definition) is 6. The van der Waals surface area contributed by atoms with Gasteiger partial charge in [-0.1, -0.05) is 69.8 Å². The third-order valence-corrected chi connectivity index (χ3v) is 9.36. The standard InChI is InChI=1S/C33H44ClN5O5/c1-4-20(3)28-33(44)39-18-12-11-17-26(39)31(42)36-25(16-8-6-7-13-21(40)5-2)30(41)38-29(32(43)37-28)23-19-35-24-15-10-9-14-22(24)27(23)34/h9-10,14-15,19-20,25-26,28-29H,4-8,11-13,16-18H2,1-3H3,(H,36,42)(H,37,43)(H,38,41)/t20?,25-,26+,28?,29-/m0/s1. The Morgan fingerprint density at radius 1 is 1.00 bits per heavy atom. The van der Waals surface area contributed by atoms with E-state index in [1.807, 2.05) is 32.9 Å². The molecule has 0 bridgehead atoms. The van der Waals surface area contributed by atoms with Gasteiger partial charge in [0.2, 0.25) is 23.6 Å². The van der Waals surface area contributed by atoms with E-state index in [1.54, 1.807) is 17.0 Å². The average molecular weight is 626 g/mol. The van der Waals surface area contributed by atoms with Crippen LogP contribution in [0.3, 0.4) is 0 Å². The van der Waals surface area contributed by atoms with Gasteiger partial charge in [0.05, 0.1) is 10.5 Å². The normalized spacial score (nSPS) is 24.0. The van der Waals surface area contributed by atoms with Crippen LogP contribution in [0.25, 0.3) is 10.9 Å². The van der Waals surface area contributed by atoms with E-state index in [-0.39, 0.29) is 28.5 Å². The molecule has 1 aromatic heterocycles. The highest BCUT2D eigenvalue weighted by Crippen LogP contribution is 2.31. The van der Waals surface area contributed by atoms with Gasteiger partial charge in [-0.25, -0.2) is 0 Å². The molecule has 2 aliphatic heterocycles. The van der Waals surface area contributed by atoms with Crippen LogP contribution >= 0.6 is 11.6 Å². The molecule has 1 aromatic carbocycles. The second kappa shape index (κ2) is 15.5. The summed E-state index contributed by atoms with van der Waals surface area (Å²) < 4.78 is 0. The van der Waals surface area contributed by atoms with Gasteiger partial charge in [0.25, 0.3) is 0 Å². The number of hydrogen-bond donors (Lipinski definition) is 3. The van der Waals surface area contributed by atoms with Gasteiger partial charge in [0, 0.05) is 36.5 Å². The fourth-order valence-corrected chi connectivity index (χ4v) is 6.30. The molecule has 2 aliphatic rings. The van der Waals surface area contributed by atoms with E-state index in [0.29, 0.717) is 74.4 Å². The predicted octanol–water partition coefficient (Wildman–Crippen LogP) is 4.39. The van der Waals surface area contributed by atoms with Crippen molar-refractivity contribution in [3.05, 3.63) is 41.0 Å². The van der Waals surface area contributed by atoms with E-state index in [9.17, 15) is 24.0 Å². The molecule has 3 heterocycles. The number of halogens is 1. The van der Waals surface area contributed by atoms with E-state index in [2.05, 4.69) is 20.9 Å². The number of ketones is 1. The number of piperidine rings is 1. The topological polar surface area (TPSA) is 138 Å². The van der Waals surface area contributed by atoms with E-state index in [4.69, 9.17) is 11.6 Å². The van der Waals surface area contributed by atoms with Crippen LogP contribution in [0, 0.1) is 5.92 Å². The molecule has 11 heteroatoms. The molecule has 0 radical (unpaired) electrons. The Kier molecular flexibility index (Phi) is 11.7. The first-order valence-corrected chi connectivity index (χ1v) is 16.3. The number of benzene rings is 1. The lowest BCUT2D eigenvalue weighted by atomic mass is 9.93. The van der Waals surface area contributed by atoms with Crippen molar-refractivity contribution in [2.24, 2.45) is 5.92 Å². The highest BCUT2D eigenvalue weighted by Gasteiger charge is 2.41. The molecule has 10 nitrogen and oxygen atoms in total. The number of amides is 4. The van der Waals surface area contributed by atoms with Gasteiger partial charge >= 0.3 is 0 Å². The SMILES string of the molecule is CCC(=O)CCCCC[C@@H]1NC(=O)[C@H]2CCCCN2C(=O)C(C(C)CC)NC(=O)[C@H](c2cnc3ccccc3c2Cl)NC1=O. The molecule has 2 unspecified atom stereocenters. The highest BCUT2D eigenvalue weighted by molar-refractivity contribution is 6.36. The average Bonchev–Trinajstić information content (AvgIpc) is 3.04. The fraction of sp³-hybridized carbons (Fsp3) is 0.576. The molecule has 4 rings (SSSR count). The van der Waals surface area contributed by atoms with Crippen LogP contribution in [0.5, 0.6) is 0 Å². The van der Waals surface area contributed by atoms with Gasteiger partial charge in [-0.05, 0) is 44.1 Å². The Balaban J connectivity index is 1.71. The van der Waals surface area contributed by atoms with Gasteiger partial charge in [0.15, 0.2) is 0 Å². The number of nitrogens with zero attached hydrogens (tertiary/aromatic N) is 2. The lowest BCUT2D eigenvalue weighted by molar-refractivity contribution is -0.147. The summed E-state index contributed by atoms with van der Waals surface area (Å²) in [7, 11) is 0. The van der Waals surface area contributed by atoms with Crippen LogP contribution in [0.1, 0.15) is 96.6 Å². The third kappa shape index (κ3) is 7.75. The van der Waals surface area contributed by atoms with Gasteiger partial charge in [-0.15, -0.1) is 0 Å². The number of rotatable bonds is 10. The Hall–Kier alpha value is -3.53. The fourth-order valence-electron chi connectivity index (χ4n) is 5.98. The minimum absolute atomic E-state index is 0.189. The maximum absolute atomic E-state index is 14.1. The molecule has 2 aromatic rings. The largest absolute Gasteiger partial charge is 0.343 e. The van der Waals surface area contributed by atoms with Crippen LogP contribution in [0.2, 0.25) is 5.02 Å². The van der Waals surface area contributed by atoms with Crippen molar-refractivity contribution in [3.63, 3.8) is 0 Å². The van der Waals surface area contributed by atoms with Crippen LogP contribution in [-0.4, -0.2) is 64.0 Å². The van der Waals surface area contributed by atoms with Crippen molar-refractivity contribution in [3.8, 4) is 0 Å². The van der Waals surface area contributed by atoms with Gasteiger partial charge < -0.3 is 20.9 Å². The maximum atomic E-state index is 14.1. The maximum Gasteiger partial charge on any atom is 0.248 e. The number of aromatic nitrogens is 1. The Morgan fingerprint density at radius 2 is 1.77 bits per heavy atom. The number of unbranched alkanes of at least 4 members (excludes halogenated alkanes) is 2. The molecular formula is C33H44ClN5O5. The van der Waals surface area contributed by atoms with Gasteiger partial charge in [-0.3, -0.25) is 29.0 Å². The van der Waals surface area contributed by atoms with Crippen LogP contribution < -0.4 is 16.0 Å². The summed E-state index contributed by atoms with van der Waals surface area (Å²) in [5, 5.41) is 9.57. The lowest BCUT2D eigenvalue weighted by Crippen LogP contribution is -2.62. The summed E-state index contributed by atoms with van der Waals surface area (Å²) in [5.41, 5.74) is 0.930. The smallest absolute Gasteiger partial charge is 0.248 e. The van der Waals surface area contributed by atoms with E-state index < -0.39 is 36.0 Å². The first-order chi connectivity index (χ1) is 21.2. The molecule has 0 spiro atoms. The first kappa shape index (κ1) is 33.4. The monoisotopic (exact) mass is 625 g/mol. The molecule has 2 fully saturated rings. The molecular weight excluding hydrogens is 582 g/mol. The molecule has 3 N–H and O–H groups in total. The zero-order chi connectivity index (χ0) is 31.8. The minimum atomic E-state index is -1.26. The summed E-state index contributed by atoms with van der Waals surface area (Å²) in [6.45, 7) is 6.05. The molecule has 2 saturated heterocycles. The zero-order valence-electron chi connectivity index (χ0n) is 25.9. The molecule has 4 amide bonds. The van der Waals surface area contributed by atoms with Gasteiger partial charge in [-0.2, -0.15) is 0 Å². The highest BCUT2D eigenvalue weighted by atomic mass is 35.5. The summed E-state index contributed by atoms with van der Waals surface area (Å²) >= 11 is 6.83. The Bertz CT molecular complexity index is 1380. The van der Waals surface area contributed by atoms with Crippen molar-refractivity contribution < 1.29 is 24.0 Å². The number of fused-ring (bicyclic) bond motifs is 2. The number of carbonyl (C=O) groups is 5. The predicted molar refractivity (Wildman–Crippen MR) is 169 cm³/mol. The van der Waals surface area contributed by atoms with Gasteiger partial charge in [0.1, 0.15) is 30.0 Å². The first-order valence-electron chi connectivity index (χ1n) is 15.9. The van der Waals surface area contributed by atoms with E-state index in [0.717, 1.165) is 12.8 Å². The number of Topliss-reactive ketones (excluding diaryl/α,β-unsaturated/α-hetero) is 1. The summed E-state index contributed by atoms with van der Waals surface area (Å²) in [6.07, 6.45) is 7.37. The van der Waals surface area contributed by atoms with Crippen molar-refractivity contribution in [1.82, 2.24) is 25.8 Å². The summed E-state index contributed by atoms with van der Waals surface area (Å²) in [6, 6.07) is 3.40. The van der Waals surface area contributed by atoms with Crippen LogP contribution in [0.4, 0.5) is 0 Å². The van der Waals surface area contributed by atoms with E-state index in [1.165, 1.54) is 6.20 Å². The zero-order valence-corrected chi connectivity index (χ0v) is 26.6. The van der Waals surface area contributed by atoms with Crippen molar-refractivity contribution in [2.75, 3.05) is 6.54 Å².